The van der Waals surface area contributed by atoms with Gasteiger partial charge in [-0.05, 0) is 43.1 Å². The van der Waals surface area contributed by atoms with E-state index in [9.17, 15) is 4.79 Å². The maximum Gasteiger partial charge on any atom is 0.172 e. The Labute approximate surface area is 111 Å². The average Bonchev–Trinajstić information content (AvgIpc) is 2.75. The molecule has 0 radical (unpaired) electrons. The zero-order valence-corrected chi connectivity index (χ0v) is 11.7. The second-order valence-electron chi connectivity index (χ2n) is 4.31. The molecule has 4 heteroatoms. The maximum absolute atomic E-state index is 11.8. The molecule has 2 nitrogen and oxygen atoms in total. The summed E-state index contributed by atoms with van der Waals surface area (Å²) in [5.41, 5.74) is 0. The summed E-state index contributed by atoms with van der Waals surface area (Å²) in [6.07, 6.45) is 3.00. The van der Waals surface area contributed by atoms with Crippen LogP contribution in [0.25, 0.3) is 0 Å². The van der Waals surface area contributed by atoms with Gasteiger partial charge in [-0.2, -0.15) is 11.8 Å². The van der Waals surface area contributed by atoms with Gasteiger partial charge >= 0.3 is 0 Å². The van der Waals surface area contributed by atoms with Crippen molar-refractivity contribution in [2.75, 3.05) is 31.1 Å². The molecule has 2 rings (SSSR count). The molecule has 1 aromatic heterocycles. The van der Waals surface area contributed by atoms with Gasteiger partial charge in [0.25, 0.3) is 0 Å². The van der Waals surface area contributed by atoms with E-state index < -0.39 is 0 Å². The molecule has 0 N–H and O–H groups in total. The Hall–Kier alpha value is -0.320. The van der Waals surface area contributed by atoms with Gasteiger partial charge in [0.2, 0.25) is 0 Å². The number of Topliss-reactive ketones (excluding diaryl/α,β-unsaturated/α-hetero) is 1. The Kier molecular flexibility index (Phi) is 5.55. The maximum atomic E-state index is 11.8. The van der Waals surface area contributed by atoms with Crippen LogP contribution in [0, 0.1) is 0 Å². The monoisotopic (exact) mass is 269 g/mol. The van der Waals surface area contributed by atoms with E-state index in [-0.39, 0.29) is 0 Å². The molecule has 1 aliphatic rings. The van der Waals surface area contributed by atoms with Crippen molar-refractivity contribution in [3.63, 3.8) is 0 Å². The largest absolute Gasteiger partial charge is 0.302 e. The van der Waals surface area contributed by atoms with E-state index in [0.29, 0.717) is 12.2 Å². The van der Waals surface area contributed by atoms with Crippen molar-refractivity contribution < 1.29 is 4.79 Å². The van der Waals surface area contributed by atoms with Gasteiger partial charge in [-0.1, -0.05) is 6.07 Å². The Bertz CT molecular complexity index is 329. The van der Waals surface area contributed by atoms with Crippen molar-refractivity contribution in [1.29, 1.82) is 0 Å². The van der Waals surface area contributed by atoms with E-state index >= 15 is 0 Å². The normalized spacial score (nSPS) is 17.9. The summed E-state index contributed by atoms with van der Waals surface area (Å²) in [5.74, 6) is 2.85. The molecule has 0 saturated carbocycles. The van der Waals surface area contributed by atoms with Gasteiger partial charge in [-0.25, -0.2) is 0 Å². The van der Waals surface area contributed by atoms with Crippen LogP contribution in [-0.2, 0) is 0 Å². The van der Waals surface area contributed by atoms with Crippen LogP contribution in [0.1, 0.15) is 28.9 Å². The van der Waals surface area contributed by atoms with Gasteiger partial charge in [0, 0.05) is 18.7 Å². The Morgan fingerprint density at radius 3 is 3.12 bits per heavy atom. The van der Waals surface area contributed by atoms with Crippen LogP contribution in [-0.4, -0.2) is 41.8 Å². The van der Waals surface area contributed by atoms with Gasteiger partial charge in [0.05, 0.1) is 4.88 Å². The van der Waals surface area contributed by atoms with Crippen molar-refractivity contribution in [2.24, 2.45) is 0 Å². The van der Waals surface area contributed by atoms with Crippen LogP contribution in [0.15, 0.2) is 17.5 Å². The fourth-order valence-electron chi connectivity index (χ4n) is 2.04. The number of nitrogens with zero attached hydrogens (tertiary/aromatic N) is 1. The third-order valence-electron chi connectivity index (χ3n) is 2.99. The number of ketones is 1. The second-order valence-corrected chi connectivity index (χ2v) is 6.48. The summed E-state index contributed by atoms with van der Waals surface area (Å²) < 4.78 is 0. The highest BCUT2D eigenvalue weighted by molar-refractivity contribution is 7.99. The van der Waals surface area contributed by atoms with Gasteiger partial charge in [-0.15, -0.1) is 11.3 Å². The van der Waals surface area contributed by atoms with Crippen LogP contribution < -0.4 is 0 Å². The van der Waals surface area contributed by atoms with Crippen LogP contribution in [0.2, 0.25) is 0 Å². The summed E-state index contributed by atoms with van der Waals surface area (Å²) in [6.45, 7) is 3.48. The Morgan fingerprint density at radius 1 is 1.35 bits per heavy atom. The van der Waals surface area contributed by atoms with Gasteiger partial charge in [0.1, 0.15) is 0 Å². The fourth-order valence-corrected chi connectivity index (χ4v) is 3.66. The SMILES string of the molecule is O=C(CCCN1CCCSCC1)c1cccs1. The van der Waals surface area contributed by atoms with Gasteiger partial charge in [0.15, 0.2) is 5.78 Å². The van der Waals surface area contributed by atoms with E-state index in [1.165, 1.54) is 31.0 Å². The van der Waals surface area contributed by atoms with Gasteiger partial charge in [-0.3, -0.25) is 4.79 Å². The molecular weight excluding hydrogens is 250 g/mol. The molecule has 0 spiro atoms. The number of rotatable bonds is 5. The third kappa shape index (κ3) is 4.45. The summed E-state index contributed by atoms with van der Waals surface area (Å²) in [4.78, 5) is 15.2. The predicted octanol–water partition coefficient (Wildman–Crippen LogP) is 3.15. The molecule has 0 aromatic carbocycles. The fraction of sp³-hybridized carbons (Fsp3) is 0.615. The predicted molar refractivity (Wildman–Crippen MR) is 76.3 cm³/mol. The minimum Gasteiger partial charge on any atom is -0.302 e. The lowest BCUT2D eigenvalue weighted by atomic mass is 10.2. The van der Waals surface area contributed by atoms with Crippen molar-refractivity contribution >= 4 is 28.9 Å². The lowest BCUT2D eigenvalue weighted by molar-refractivity contribution is 0.0979. The molecule has 0 bridgehead atoms. The van der Waals surface area contributed by atoms with Crippen LogP contribution in [0.4, 0.5) is 0 Å². The quantitative estimate of drug-likeness (QED) is 0.766. The first-order chi connectivity index (χ1) is 8.36. The highest BCUT2D eigenvalue weighted by atomic mass is 32.2. The lowest BCUT2D eigenvalue weighted by Gasteiger charge is -2.18. The Morgan fingerprint density at radius 2 is 2.29 bits per heavy atom. The average molecular weight is 269 g/mol. The zero-order valence-electron chi connectivity index (χ0n) is 10.1. The highest BCUT2D eigenvalue weighted by Crippen LogP contribution is 2.14. The van der Waals surface area contributed by atoms with Crippen LogP contribution >= 0.6 is 23.1 Å². The number of thiophene rings is 1. The van der Waals surface area contributed by atoms with Crippen molar-refractivity contribution in [1.82, 2.24) is 4.90 Å². The van der Waals surface area contributed by atoms with E-state index in [0.717, 1.165) is 17.8 Å². The van der Waals surface area contributed by atoms with Crippen LogP contribution in [0.5, 0.6) is 0 Å². The molecule has 1 aromatic rings. The van der Waals surface area contributed by atoms with Crippen molar-refractivity contribution in [3.8, 4) is 0 Å². The molecule has 0 atom stereocenters. The molecule has 94 valence electrons. The van der Waals surface area contributed by atoms with E-state index in [1.807, 2.05) is 17.5 Å². The minimum atomic E-state index is 0.309. The van der Waals surface area contributed by atoms with Gasteiger partial charge < -0.3 is 4.90 Å². The van der Waals surface area contributed by atoms with E-state index in [4.69, 9.17) is 0 Å². The minimum absolute atomic E-state index is 0.309. The lowest BCUT2D eigenvalue weighted by Crippen LogP contribution is -2.27. The topological polar surface area (TPSA) is 20.3 Å². The zero-order chi connectivity index (χ0) is 11.9. The molecule has 2 heterocycles. The standard InChI is InChI=1S/C13H19NOS2/c15-12(13-5-2-10-17-13)4-1-6-14-7-3-9-16-11-8-14/h2,5,10H,1,3-4,6-9,11H2. The molecular formula is C13H19NOS2. The van der Waals surface area contributed by atoms with E-state index in [1.54, 1.807) is 11.3 Å². The highest BCUT2D eigenvalue weighted by Gasteiger charge is 2.10. The number of carbonyl (C=O) groups is 1. The summed E-state index contributed by atoms with van der Waals surface area (Å²) in [6, 6.07) is 3.87. The molecule has 1 aliphatic heterocycles. The number of carbonyl (C=O) groups excluding carboxylic acids is 1. The number of hydrogen-bond donors (Lipinski definition) is 0. The number of thioether (sulfide) groups is 1. The molecule has 17 heavy (non-hydrogen) atoms. The first-order valence-corrected chi connectivity index (χ1v) is 8.26. The molecule has 1 fully saturated rings. The van der Waals surface area contributed by atoms with Crippen LogP contribution in [0.3, 0.4) is 0 Å². The summed E-state index contributed by atoms with van der Waals surface area (Å²) in [5, 5.41) is 1.97. The smallest absolute Gasteiger partial charge is 0.172 e. The van der Waals surface area contributed by atoms with Crippen molar-refractivity contribution in [3.05, 3.63) is 22.4 Å². The Balaban J connectivity index is 1.66. The first kappa shape index (κ1) is 13.1. The molecule has 0 aliphatic carbocycles. The van der Waals surface area contributed by atoms with E-state index in [2.05, 4.69) is 16.7 Å². The number of hydrogen-bond acceptors (Lipinski definition) is 4. The molecule has 0 unspecified atom stereocenters. The molecule has 1 saturated heterocycles. The molecule has 0 amide bonds. The third-order valence-corrected chi connectivity index (χ3v) is 4.95. The van der Waals surface area contributed by atoms with Crippen molar-refractivity contribution in [2.45, 2.75) is 19.3 Å². The first-order valence-electron chi connectivity index (χ1n) is 6.23. The second kappa shape index (κ2) is 7.19. The summed E-state index contributed by atoms with van der Waals surface area (Å²) >= 11 is 3.60. The summed E-state index contributed by atoms with van der Waals surface area (Å²) in [7, 11) is 0.